The Kier molecular flexibility index (Phi) is 335. The van der Waals surface area contributed by atoms with Crippen LogP contribution in [0.3, 0.4) is 0 Å². The first-order valence-electron chi connectivity index (χ1n) is 27.0. The summed E-state index contributed by atoms with van der Waals surface area (Å²) in [5, 5.41) is 0. The normalized spacial score (nSPS) is 8.67. The zero-order valence-electron chi connectivity index (χ0n) is 63.4. The van der Waals surface area contributed by atoms with E-state index in [4.69, 9.17) is 126 Å². The van der Waals surface area contributed by atoms with Gasteiger partial charge in [-0.3, -0.25) is 0 Å². The third-order valence-corrected chi connectivity index (χ3v) is 0. The molecule has 0 heterocycles. The minimum Gasteiger partial charge on any atom is -0.793 e. The first-order chi connectivity index (χ1) is 34.1. The minimum atomic E-state index is 0. The molecule has 0 aromatic rings. The van der Waals surface area contributed by atoms with E-state index in [2.05, 4.69) is 126 Å². The third kappa shape index (κ3) is 6870. The van der Waals surface area contributed by atoms with Crippen LogP contribution in [-0.2, 0) is 417 Å². The molecule has 0 atom stereocenters. The Bertz CT molecular complexity index is 581. The molecule has 0 aliphatic heterocycles. The summed E-state index contributed by atoms with van der Waals surface area (Å²) in [5.74, 6) is 8.33. The first-order valence-corrected chi connectivity index (χ1v) is 36.9. The van der Waals surface area contributed by atoms with Crippen LogP contribution in [0.5, 0.6) is 0 Å². The summed E-state index contributed by atoms with van der Waals surface area (Å²) >= 11 is 92.2. The second kappa shape index (κ2) is 150. The van der Waals surface area contributed by atoms with Gasteiger partial charge in [-0.25, -0.2) is 0 Å². The molecule has 0 amide bonds. The molecule has 30 heteroatoms. The van der Waals surface area contributed by atoms with Crippen LogP contribution in [0.2, 0.25) is 0 Å². The van der Waals surface area contributed by atoms with Gasteiger partial charge in [-0.1, -0.05) is 277 Å². The van der Waals surface area contributed by atoms with Crippen LogP contribution in [0.15, 0.2) is 0 Å². The predicted molar refractivity (Wildman–Crippen MR) is 450 cm³/mol. The van der Waals surface area contributed by atoms with Gasteiger partial charge in [0, 0.05) is 0 Å². The van der Waals surface area contributed by atoms with Gasteiger partial charge in [-0.05, 0) is 0 Å². The molecular weight excluding hydrogens is 1950 g/mol. The van der Waals surface area contributed by atoms with E-state index in [-0.39, 0.29) is 212 Å². The summed E-state index contributed by atoms with van der Waals surface area (Å²) in [7, 11) is 0. The van der Waals surface area contributed by atoms with Crippen molar-refractivity contribution in [3.63, 3.8) is 0 Å². The molecule has 0 radical (unpaired) electrons. The summed E-state index contributed by atoms with van der Waals surface area (Å²) in [6, 6.07) is 0. The van der Waals surface area contributed by atoms with Crippen LogP contribution in [0.4, 0.5) is 0 Å². The molecule has 0 N–H and O–H groups in total. The Hall–Kier alpha value is 11.9. The van der Waals surface area contributed by atoms with Crippen LogP contribution in [0.1, 0.15) is 277 Å². The fraction of sp³-hybridized carbons (Fsp3) is 1.00. The summed E-state index contributed by atoms with van der Waals surface area (Å²) in [4.78, 5) is 0. The largest absolute Gasteiger partial charge is 2.00 e. The van der Waals surface area contributed by atoms with Gasteiger partial charge in [0.15, 0.2) is 0 Å². The van der Waals surface area contributed by atoms with Crippen LogP contribution < -0.4 is 0 Å². The van der Waals surface area contributed by atoms with Crippen LogP contribution in [-0.4, -0.2) is 105 Å². The van der Waals surface area contributed by atoms with Gasteiger partial charge in [0.2, 0.25) is 0 Å². The van der Waals surface area contributed by atoms with E-state index >= 15 is 0 Å². The van der Waals surface area contributed by atoms with Gasteiger partial charge in [0.05, 0.1) is 0 Å². The van der Waals surface area contributed by atoms with Crippen molar-refractivity contribution in [3.05, 3.63) is 0 Å². The van der Waals surface area contributed by atoms with Gasteiger partial charge >= 0.3 is 165 Å². The van der Waals surface area contributed by atoms with E-state index in [9.17, 15) is 0 Å². The van der Waals surface area contributed by atoms with Gasteiger partial charge in [0.25, 0.3) is 0 Å². The SMILES string of the molecule is CC(C)(C)[S-].CC(C)(C)[S-].CC(C)(C)[S-].CC(C)(C)[S-].CC(C)(C)[S-].CC(C)(C)[S-].CC(C)(C)[S-].CC(C)(C)[S-].CC(C)(C)[S-].CC(C)(C)[S-].CC[S-].CC[S-].CC[S-].CC[S-].CC[S-].CC[S-].CC[S-].CC[S-].CC[S-].CC[S-].[Ni+2].[Ni+2].[Ni+2].[Ni+2].[Ni+2].[Ni+2].[Ni+2].[Ni+2].[Ni+2].[Ni+2]. The van der Waals surface area contributed by atoms with Crippen LogP contribution in [0.25, 0.3) is 0 Å². The predicted octanol–water partition coefficient (Wildman–Crippen LogP) is 18.8. The van der Waals surface area contributed by atoms with Crippen molar-refractivity contribution >= 4 is 253 Å². The molecule has 0 nitrogen and oxygen atoms in total. The Morgan fingerprint density at radius 1 is 0.122 bits per heavy atom. The maximum Gasteiger partial charge on any atom is 2.00 e. The van der Waals surface area contributed by atoms with E-state index < -0.39 is 0 Å². The van der Waals surface area contributed by atoms with Gasteiger partial charge in [0.1, 0.15) is 0 Å². The quantitative estimate of drug-likeness (QED) is 0.167. The fourth-order valence-electron chi connectivity index (χ4n) is 0. The second-order valence-electron chi connectivity index (χ2n) is 24.0. The average molecular weight is 2090 g/mol. The molecular formula is C60H140Ni10S20. The average Bonchev–Trinajstić information content (AvgIpc) is 3.01. The molecule has 0 aromatic heterocycles. The Labute approximate surface area is 787 Å². The van der Waals surface area contributed by atoms with Crippen molar-refractivity contribution in [2.24, 2.45) is 0 Å². The molecule has 0 bridgehead atoms. The molecule has 0 fully saturated rings. The molecule has 0 saturated carbocycles. The molecule has 0 unspecified atom stereocenters. The molecule has 600 valence electrons. The molecule has 90 heavy (non-hydrogen) atoms. The Balaban J connectivity index is -0.0000000150. The number of hydrogen-bond donors (Lipinski definition) is 0. The van der Waals surface area contributed by atoms with Crippen molar-refractivity contribution in [2.75, 3.05) is 57.5 Å². The summed E-state index contributed by atoms with van der Waals surface area (Å²) < 4.78 is 0.833. The summed E-state index contributed by atoms with van der Waals surface area (Å²) in [5.41, 5.74) is 0. The van der Waals surface area contributed by atoms with E-state index in [1.165, 1.54) is 0 Å². The smallest absolute Gasteiger partial charge is 0.793 e. The topological polar surface area (TPSA) is 0 Å². The molecule has 0 saturated heterocycles. The van der Waals surface area contributed by atoms with Gasteiger partial charge in [-0.15, -0.1) is 0 Å². The zero-order chi connectivity index (χ0) is 72.1. The Morgan fingerprint density at radius 2 is 0.122 bits per heavy atom. The molecule has 0 aromatic carbocycles. The standard InChI is InChI=1S/10C4H10S.10C2H6S.10Ni/c10*1-4(2,3)5;10*1-2-3;;;;;;;;;;/h10*5H,1-3H3;10*3H,2H2,1H3;;;;;;;;;;/q;;;;;;;;;;;;;;;;;;;;10*+2/p-20. The zero-order valence-corrected chi connectivity index (χ0v) is 89.6. The summed E-state index contributed by atoms with van der Waals surface area (Å²) in [6.07, 6.45) is 0. The van der Waals surface area contributed by atoms with E-state index in [0.29, 0.717) is 0 Å². The maximum absolute atomic E-state index is 4.83. The van der Waals surface area contributed by atoms with Crippen molar-refractivity contribution < 1.29 is 165 Å². The maximum atomic E-state index is 4.83. The van der Waals surface area contributed by atoms with Gasteiger partial charge < -0.3 is 253 Å². The second-order valence-corrected chi connectivity index (χ2v) is 42.0. The van der Waals surface area contributed by atoms with Crippen LogP contribution in [0, 0.1) is 0 Å². The third-order valence-electron chi connectivity index (χ3n) is 0. The molecule has 0 spiro atoms. The van der Waals surface area contributed by atoms with Crippen LogP contribution >= 0.6 is 0 Å². The molecule has 0 aliphatic carbocycles. The van der Waals surface area contributed by atoms with E-state index in [1.807, 2.05) is 277 Å². The van der Waals surface area contributed by atoms with Crippen molar-refractivity contribution in [2.45, 2.75) is 324 Å². The Morgan fingerprint density at radius 3 is 0.122 bits per heavy atom. The number of hydrogen-bond acceptors (Lipinski definition) is 20. The van der Waals surface area contributed by atoms with Gasteiger partial charge in [-0.2, -0.15) is 105 Å². The van der Waals surface area contributed by atoms with Crippen molar-refractivity contribution in [1.82, 2.24) is 0 Å². The van der Waals surface area contributed by atoms with Crippen molar-refractivity contribution in [3.8, 4) is 0 Å². The first kappa shape index (κ1) is 201. The summed E-state index contributed by atoms with van der Waals surface area (Å²) in [6.45, 7) is 79.5. The van der Waals surface area contributed by atoms with E-state index in [1.54, 1.807) is 0 Å². The monoisotopic (exact) mass is 2080 g/mol. The fourth-order valence-corrected chi connectivity index (χ4v) is 0. The molecule has 0 aliphatic rings. The minimum absolute atomic E-state index is 0. The molecule has 0 rings (SSSR count). The van der Waals surface area contributed by atoms with E-state index in [0.717, 1.165) is 57.5 Å². The van der Waals surface area contributed by atoms with Crippen molar-refractivity contribution in [1.29, 1.82) is 0 Å². The number of rotatable bonds is 0.